The van der Waals surface area contributed by atoms with Crippen molar-refractivity contribution in [3.63, 3.8) is 0 Å². The highest BCUT2D eigenvalue weighted by atomic mass is 31.2. The Hall–Kier alpha value is -2.87. The fourth-order valence-corrected chi connectivity index (χ4v) is 5.60. The first kappa shape index (κ1) is 32.3. The van der Waals surface area contributed by atoms with Crippen molar-refractivity contribution in [2.45, 2.75) is 78.5 Å². The van der Waals surface area contributed by atoms with Crippen LogP contribution in [0.15, 0.2) is 52.2 Å². The molecule has 11 nitrogen and oxygen atoms in total. The maximum absolute atomic E-state index is 12.6. The van der Waals surface area contributed by atoms with Gasteiger partial charge in [-0.15, -0.1) is 0 Å². The van der Waals surface area contributed by atoms with Gasteiger partial charge < -0.3 is 23.4 Å². The first-order valence-electron chi connectivity index (χ1n) is 13.0. The summed E-state index contributed by atoms with van der Waals surface area (Å²) in [6.07, 6.45) is -0.227. The van der Waals surface area contributed by atoms with Crippen LogP contribution in [0.2, 0.25) is 0 Å². The molecule has 1 N–H and O–H groups in total. The highest BCUT2D eigenvalue weighted by Crippen LogP contribution is 2.47. The lowest BCUT2D eigenvalue weighted by atomic mass is 10.2. The zero-order chi connectivity index (χ0) is 28.9. The van der Waals surface area contributed by atoms with Crippen LogP contribution in [-0.2, 0) is 18.5 Å². The molecular weight excluding hydrogens is 523 g/mol. The first-order valence-corrected chi connectivity index (χ1v) is 14.1. The molecule has 2 aromatic rings. The number of aromatic nitrogens is 2. The molecule has 0 aliphatic rings. The van der Waals surface area contributed by atoms with Gasteiger partial charge in [-0.2, -0.15) is 0 Å². The van der Waals surface area contributed by atoms with Crippen LogP contribution in [0.1, 0.15) is 64.5 Å². The molecule has 3 unspecified atom stereocenters. The Morgan fingerprint density at radius 2 is 1.77 bits per heavy atom. The summed E-state index contributed by atoms with van der Waals surface area (Å²) in [5.41, 5.74) is -0.884. The molecule has 0 saturated heterocycles. The Kier molecular flexibility index (Phi) is 13.5. The van der Waals surface area contributed by atoms with E-state index in [2.05, 4.69) is 42.2 Å². The first-order chi connectivity index (χ1) is 18.6. The van der Waals surface area contributed by atoms with Gasteiger partial charge in [-0.25, -0.2) is 20.8 Å². The fourth-order valence-electron chi connectivity index (χ4n) is 3.88. The van der Waals surface area contributed by atoms with E-state index in [9.17, 15) is 14.4 Å². The minimum absolute atomic E-state index is 0.127. The highest BCUT2D eigenvalue weighted by Gasteiger charge is 2.33. The molecule has 0 saturated carbocycles. The number of carbonyl (C=O) groups is 1. The number of nitrogens with zero attached hydrogens (tertiary/aromatic N) is 3. The summed E-state index contributed by atoms with van der Waals surface area (Å²) >= 11 is 0. The standard InChI is InChI=1S/C27H39N4O7P/c1-8-23(21(6)38-39(36-17-15-28-7)31(19(2)3)20(4)5)37-25(30-16-14-24(32)29-27(30)34)18-35-26(33)22-12-10-9-11-13-22/h9-14,16,19-21,23,25H,8,15,17-18H2,1-6H3,(H,29,32,34)/t21-,23?,25?,39?/m0/s1. The van der Waals surface area contributed by atoms with E-state index in [1.165, 1.54) is 16.8 Å². The summed E-state index contributed by atoms with van der Waals surface area (Å²) in [5, 5.41) is 0. The van der Waals surface area contributed by atoms with Gasteiger partial charge >= 0.3 is 11.7 Å². The minimum Gasteiger partial charge on any atom is -0.457 e. The van der Waals surface area contributed by atoms with E-state index < -0.39 is 44.2 Å². The zero-order valence-corrected chi connectivity index (χ0v) is 24.3. The van der Waals surface area contributed by atoms with E-state index >= 15 is 0 Å². The van der Waals surface area contributed by atoms with Gasteiger partial charge in [-0.1, -0.05) is 25.1 Å². The van der Waals surface area contributed by atoms with Crippen molar-refractivity contribution in [2.75, 3.05) is 19.8 Å². The van der Waals surface area contributed by atoms with Crippen molar-refractivity contribution in [1.29, 1.82) is 0 Å². The average molecular weight is 563 g/mol. The van der Waals surface area contributed by atoms with Gasteiger partial charge in [-0.3, -0.25) is 14.3 Å². The molecular formula is C27H39N4O7P. The molecule has 0 amide bonds. The predicted octanol–water partition coefficient (Wildman–Crippen LogP) is 4.37. The maximum atomic E-state index is 12.6. The van der Waals surface area contributed by atoms with Gasteiger partial charge in [-0.05, 0) is 53.2 Å². The summed E-state index contributed by atoms with van der Waals surface area (Å²) in [7, 11) is -1.52. The molecule has 0 aliphatic heterocycles. The number of hydrogen-bond donors (Lipinski definition) is 1. The Labute approximate surface area is 230 Å². The molecule has 39 heavy (non-hydrogen) atoms. The molecule has 0 bridgehead atoms. The molecule has 1 aromatic carbocycles. The van der Waals surface area contributed by atoms with Gasteiger partial charge in [0.05, 0.1) is 17.8 Å². The molecule has 0 radical (unpaired) electrons. The topological polar surface area (TPSA) is 116 Å². The minimum atomic E-state index is -1.52. The molecule has 1 heterocycles. The Bertz CT molecular complexity index is 1170. The van der Waals surface area contributed by atoms with Crippen LogP contribution >= 0.6 is 8.53 Å². The highest BCUT2D eigenvalue weighted by molar-refractivity contribution is 7.44. The summed E-state index contributed by atoms with van der Waals surface area (Å²) < 4.78 is 27.5. The SMILES string of the molecule is [C-]#[N+]CCOP(O[C@@H](C)C(CC)OC(COC(=O)c1ccccc1)n1ccc(=O)[nH]c1=O)N(C(C)C)C(C)C. The zero-order valence-electron chi connectivity index (χ0n) is 23.4. The van der Waals surface area contributed by atoms with Gasteiger partial charge in [0.15, 0.2) is 6.23 Å². The molecule has 0 fully saturated rings. The van der Waals surface area contributed by atoms with Crippen LogP contribution in [0.25, 0.3) is 4.85 Å². The molecule has 4 atom stereocenters. The van der Waals surface area contributed by atoms with Crippen LogP contribution in [0.5, 0.6) is 0 Å². The summed E-state index contributed by atoms with van der Waals surface area (Å²) in [6, 6.07) is 9.94. The van der Waals surface area contributed by atoms with Gasteiger partial charge in [0.25, 0.3) is 14.1 Å². The second-order valence-electron chi connectivity index (χ2n) is 9.35. The molecule has 2 rings (SSSR count). The van der Waals surface area contributed by atoms with E-state index in [-0.39, 0.29) is 31.8 Å². The van der Waals surface area contributed by atoms with Crippen LogP contribution < -0.4 is 11.2 Å². The van der Waals surface area contributed by atoms with E-state index in [0.29, 0.717) is 12.0 Å². The van der Waals surface area contributed by atoms with E-state index in [0.717, 1.165) is 0 Å². The normalized spacial score (nSPS) is 14.7. The number of hydrogen-bond acceptors (Lipinski definition) is 8. The average Bonchev–Trinajstić information content (AvgIpc) is 2.89. The predicted molar refractivity (Wildman–Crippen MR) is 149 cm³/mol. The number of benzene rings is 1. The summed E-state index contributed by atoms with van der Waals surface area (Å²) in [5.74, 6) is -0.569. The van der Waals surface area contributed by atoms with Crippen molar-refractivity contribution in [3.05, 3.63) is 80.4 Å². The number of carbonyl (C=O) groups excluding carboxylic acids is 1. The molecule has 214 valence electrons. The van der Waals surface area contributed by atoms with Gasteiger partial charge in [0.1, 0.15) is 13.2 Å². The smallest absolute Gasteiger partial charge is 0.338 e. The quantitative estimate of drug-likeness (QED) is 0.139. The third-order valence-electron chi connectivity index (χ3n) is 5.69. The van der Waals surface area contributed by atoms with Crippen LogP contribution in [0, 0.1) is 6.57 Å². The van der Waals surface area contributed by atoms with E-state index in [1.807, 2.05) is 13.8 Å². The van der Waals surface area contributed by atoms with Crippen molar-refractivity contribution in [2.24, 2.45) is 0 Å². The van der Waals surface area contributed by atoms with Gasteiger partial charge in [0, 0.05) is 24.3 Å². The lowest BCUT2D eigenvalue weighted by molar-refractivity contribution is -0.119. The summed E-state index contributed by atoms with van der Waals surface area (Å²) in [4.78, 5) is 42.4. The Morgan fingerprint density at radius 3 is 2.33 bits per heavy atom. The lowest BCUT2D eigenvalue weighted by Crippen LogP contribution is -2.40. The van der Waals surface area contributed by atoms with Gasteiger partial charge in [0.2, 0.25) is 6.54 Å². The van der Waals surface area contributed by atoms with Crippen molar-refractivity contribution < 1.29 is 23.3 Å². The number of ether oxygens (including phenoxy) is 2. The van der Waals surface area contributed by atoms with Crippen LogP contribution in [-0.4, -0.2) is 64.2 Å². The number of nitrogens with one attached hydrogen (secondary N) is 1. The summed E-state index contributed by atoms with van der Waals surface area (Å²) in [6.45, 7) is 19.2. The molecule has 12 heteroatoms. The Morgan fingerprint density at radius 1 is 1.10 bits per heavy atom. The second kappa shape index (κ2) is 16.3. The Balaban J connectivity index is 2.27. The third kappa shape index (κ3) is 9.99. The van der Waals surface area contributed by atoms with Crippen molar-refractivity contribution in [1.82, 2.24) is 14.2 Å². The second-order valence-corrected chi connectivity index (χ2v) is 10.8. The number of rotatable bonds is 16. The van der Waals surface area contributed by atoms with Crippen molar-refractivity contribution >= 4 is 14.5 Å². The monoisotopic (exact) mass is 562 g/mol. The number of aromatic amines is 1. The van der Waals surface area contributed by atoms with E-state index in [4.69, 9.17) is 25.1 Å². The lowest BCUT2D eigenvalue weighted by Gasteiger charge is -2.38. The van der Waals surface area contributed by atoms with Crippen molar-refractivity contribution in [3.8, 4) is 0 Å². The maximum Gasteiger partial charge on any atom is 0.338 e. The molecule has 0 spiro atoms. The number of esters is 1. The third-order valence-corrected chi connectivity index (χ3v) is 7.91. The molecule has 0 aliphatic carbocycles. The molecule has 1 aromatic heterocycles. The van der Waals surface area contributed by atoms with Crippen LogP contribution in [0.4, 0.5) is 0 Å². The van der Waals surface area contributed by atoms with E-state index in [1.54, 1.807) is 30.3 Å². The largest absolute Gasteiger partial charge is 0.457 e. The fraction of sp³-hybridized carbons (Fsp3) is 0.556. The number of H-pyrrole nitrogens is 1. The van der Waals surface area contributed by atoms with Crippen LogP contribution in [0.3, 0.4) is 0 Å².